The fourth-order valence-electron chi connectivity index (χ4n) is 3.27. The zero-order chi connectivity index (χ0) is 13.2. The zero-order valence-corrected chi connectivity index (χ0v) is 11.0. The van der Waals surface area contributed by atoms with E-state index >= 15 is 0 Å². The van der Waals surface area contributed by atoms with Crippen LogP contribution in [0, 0.1) is 5.92 Å². The molecule has 3 nitrogen and oxygen atoms in total. The van der Waals surface area contributed by atoms with Gasteiger partial charge in [0, 0.05) is 17.9 Å². The van der Waals surface area contributed by atoms with Crippen LogP contribution in [0.3, 0.4) is 0 Å². The fourth-order valence-corrected chi connectivity index (χ4v) is 3.27. The van der Waals surface area contributed by atoms with E-state index in [1.54, 1.807) is 0 Å². The summed E-state index contributed by atoms with van der Waals surface area (Å²) in [6.45, 7) is 0. The number of nitrogens with one attached hydrogen (secondary N) is 1. The molecule has 1 fully saturated rings. The molecule has 1 heterocycles. The van der Waals surface area contributed by atoms with Gasteiger partial charge in [-0.25, -0.2) is 0 Å². The first-order chi connectivity index (χ1) is 9.25. The highest BCUT2D eigenvalue weighted by Crippen LogP contribution is 2.31. The highest BCUT2D eigenvalue weighted by atomic mass is 16.2. The van der Waals surface area contributed by atoms with Crippen molar-refractivity contribution in [3.05, 3.63) is 35.4 Å². The number of amides is 1. The van der Waals surface area contributed by atoms with Gasteiger partial charge < -0.3 is 5.32 Å². The maximum Gasteiger partial charge on any atom is 0.252 e. The lowest BCUT2D eigenvalue weighted by atomic mass is 9.83. The van der Waals surface area contributed by atoms with E-state index in [4.69, 9.17) is 0 Å². The Morgan fingerprint density at radius 1 is 1.16 bits per heavy atom. The van der Waals surface area contributed by atoms with Crippen molar-refractivity contribution < 1.29 is 9.59 Å². The van der Waals surface area contributed by atoms with Crippen molar-refractivity contribution in [3.8, 4) is 0 Å². The van der Waals surface area contributed by atoms with Crippen molar-refractivity contribution in [2.75, 3.05) is 0 Å². The Kier molecular flexibility index (Phi) is 3.36. The molecule has 0 saturated heterocycles. The van der Waals surface area contributed by atoms with Crippen molar-refractivity contribution in [2.24, 2.45) is 5.92 Å². The molecular weight excluding hydrogens is 238 g/mol. The molecule has 0 radical (unpaired) electrons. The van der Waals surface area contributed by atoms with Crippen LogP contribution in [0.4, 0.5) is 0 Å². The summed E-state index contributed by atoms with van der Waals surface area (Å²) in [6.07, 6.45) is 6.11. The smallest absolute Gasteiger partial charge is 0.252 e. The van der Waals surface area contributed by atoms with Crippen molar-refractivity contribution in [1.82, 2.24) is 5.32 Å². The Morgan fingerprint density at radius 2 is 1.89 bits per heavy atom. The van der Waals surface area contributed by atoms with Gasteiger partial charge in [-0.05, 0) is 24.5 Å². The van der Waals surface area contributed by atoms with Crippen LogP contribution in [0.5, 0.6) is 0 Å². The lowest BCUT2D eigenvalue weighted by Gasteiger charge is -2.22. The minimum absolute atomic E-state index is 0.0444. The largest absolute Gasteiger partial charge is 0.345 e. The fraction of sp³-hybridized carbons (Fsp3) is 0.500. The minimum Gasteiger partial charge on any atom is -0.345 e. The Bertz CT molecular complexity index is 503. The second-order valence-electron chi connectivity index (χ2n) is 5.62. The zero-order valence-electron chi connectivity index (χ0n) is 11.0. The van der Waals surface area contributed by atoms with Gasteiger partial charge in [0.2, 0.25) is 0 Å². The SMILES string of the molecule is O=C1N[C@@H](CC(=O)C2CCCCC2)c2ccccc21. The van der Waals surface area contributed by atoms with Crippen LogP contribution in [0.15, 0.2) is 24.3 Å². The quantitative estimate of drug-likeness (QED) is 0.904. The van der Waals surface area contributed by atoms with Gasteiger partial charge in [-0.15, -0.1) is 0 Å². The van der Waals surface area contributed by atoms with Crippen molar-refractivity contribution in [2.45, 2.75) is 44.6 Å². The predicted octanol–water partition coefficient (Wildman–Crippen LogP) is 3.01. The highest BCUT2D eigenvalue weighted by Gasteiger charge is 2.31. The number of hydrogen-bond acceptors (Lipinski definition) is 2. The summed E-state index contributed by atoms with van der Waals surface area (Å²) in [5, 5.41) is 2.93. The van der Waals surface area contributed by atoms with Gasteiger partial charge >= 0.3 is 0 Å². The number of ketones is 1. The summed E-state index contributed by atoms with van der Waals surface area (Å²) in [4.78, 5) is 24.1. The molecule has 3 heteroatoms. The van der Waals surface area contributed by atoms with E-state index in [9.17, 15) is 9.59 Å². The lowest BCUT2D eigenvalue weighted by molar-refractivity contribution is -0.124. The molecule has 19 heavy (non-hydrogen) atoms. The van der Waals surface area contributed by atoms with Crippen molar-refractivity contribution in [3.63, 3.8) is 0 Å². The molecule has 2 aliphatic rings. The first-order valence-electron chi connectivity index (χ1n) is 7.18. The molecule has 1 amide bonds. The van der Waals surface area contributed by atoms with Gasteiger partial charge in [0.05, 0.1) is 6.04 Å². The summed E-state index contributed by atoms with van der Waals surface area (Å²) in [6, 6.07) is 7.46. The van der Waals surface area contributed by atoms with Crippen LogP contribution >= 0.6 is 0 Å². The molecule has 1 aromatic carbocycles. The van der Waals surface area contributed by atoms with Gasteiger partial charge in [0.15, 0.2) is 0 Å². The first kappa shape index (κ1) is 12.4. The second-order valence-corrected chi connectivity index (χ2v) is 5.62. The summed E-state index contributed by atoms with van der Waals surface area (Å²) in [7, 11) is 0. The van der Waals surface area contributed by atoms with E-state index in [2.05, 4.69) is 5.32 Å². The summed E-state index contributed by atoms with van der Waals surface area (Å²) in [5.41, 5.74) is 1.71. The highest BCUT2D eigenvalue weighted by molar-refractivity contribution is 5.99. The third-order valence-electron chi connectivity index (χ3n) is 4.35. The molecule has 3 rings (SSSR count). The molecule has 0 bridgehead atoms. The molecule has 1 aliphatic carbocycles. The first-order valence-corrected chi connectivity index (χ1v) is 7.18. The Hall–Kier alpha value is -1.64. The molecule has 1 aromatic rings. The molecular formula is C16H19NO2. The topological polar surface area (TPSA) is 46.2 Å². The standard InChI is InChI=1S/C16H19NO2/c18-15(11-6-2-1-3-7-11)10-14-12-8-4-5-9-13(12)16(19)17-14/h4-5,8-9,11,14H,1-3,6-7,10H2,(H,17,19)/t14-/m0/s1. The van der Waals surface area contributed by atoms with E-state index in [0.717, 1.165) is 24.0 Å². The van der Waals surface area contributed by atoms with Crippen LogP contribution in [0.25, 0.3) is 0 Å². The van der Waals surface area contributed by atoms with Crippen molar-refractivity contribution in [1.29, 1.82) is 0 Å². The Balaban J connectivity index is 1.71. The maximum absolute atomic E-state index is 12.3. The third kappa shape index (κ3) is 2.42. The van der Waals surface area contributed by atoms with E-state index in [1.807, 2.05) is 24.3 Å². The molecule has 0 unspecified atom stereocenters. The monoisotopic (exact) mass is 257 g/mol. The van der Waals surface area contributed by atoms with E-state index in [1.165, 1.54) is 19.3 Å². The number of benzene rings is 1. The van der Waals surface area contributed by atoms with Crippen molar-refractivity contribution >= 4 is 11.7 Å². The number of hydrogen-bond donors (Lipinski definition) is 1. The number of carbonyl (C=O) groups is 2. The normalized spacial score (nSPS) is 22.9. The molecule has 100 valence electrons. The lowest BCUT2D eigenvalue weighted by Crippen LogP contribution is -2.25. The number of rotatable bonds is 3. The molecule has 1 aliphatic heterocycles. The second kappa shape index (κ2) is 5.16. The number of Topliss-reactive ketones (excluding diaryl/α,β-unsaturated/α-hetero) is 1. The van der Waals surface area contributed by atoms with Gasteiger partial charge in [-0.1, -0.05) is 37.5 Å². The molecule has 1 saturated carbocycles. The third-order valence-corrected chi connectivity index (χ3v) is 4.35. The Morgan fingerprint density at radius 3 is 2.68 bits per heavy atom. The van der Waals surface area contributed by atoms with E-state index < -0.39 is 0 Å². The minimum atomic E-state index is -0.113. The predicted molar refractivity (Wildman–Crippen MR) is 72.8 cm³/mol. The van der Waals surface area contributed by atoms with Gasteiger partial charge in [0.1, 0.15) is 5.78 Å². The summed E-state index contributed by atoms with van der Waals surface area (Å²) < 4.78 is 0. The van der Waals surface area contributed by atoms with E-state index in [-0.39, 0.29) is 17.9 Å². The molecule has 0 aromatic heterocycles. The van der Waals surface area contributed by atoms with Crippen LogP contribution in [-0.2, 0) is 4.79 Å². The van der Waals surface area contributed by atoms with Gasteiger partial charge in [-0.3, -0.25) is 9.59 Å². The summed E-state index contributed by atoms with van der Waals surface area (Å²) in [5.74, 6) is 0.497. The van der Waals surface area contributed by atoms with Crippen LogP contribution in [0.1, 0.15) is 60.5 Å². The van der Waals surface area contributed by atoms with Crippen LogP contribution in [-0.4, -0.2) is 11.7 Å². The molecule has 1 N–H and O–H groups in total. The van der Waals surface area contributed by atoms with Crippen LogP contribution in [0.2, 0.25) is 0 Å². The van der Waals surface area contributed by atoms with Gasteiger partial charge in [0.25, 0.3) is 5.91 Å². The number of fused-ring (bicyclic) bond motifs is 1. The average Bonchev–Trinajstić information content (AvgIpc) is 2.77. The maximum atomic E-state index is 12.3. The molecule has 1 atom stereocenters. The van der Waals surface area contributed by atoms with E-state index in [0.29, 0.717) is 12.2 Å². The average molecular weight is 257 g/mol. The van der Waals surface area contributed by atoms with Crippen LogP contribution < -0.4 is 5.32 Å². The molecule has 0 spiro atoms. The Labute approximate surface area is 113 Å². The number of carbonyl (C=O) groups excluding carboxylic acids is 2. The summed E-state index contributed by atoms with van der Waals surface area (Å²) >= 11 is 0. The van der Waals surface area contributed by atoms with Gasteiger partial charge in [-0.2, -0.15) is 0 Å².